The van der Waals surface area contributed by atoms with Gasteiger partial charge in [-0.1, -0.05) is 11.6 Å². The normalized spacial score (nSPS) is 20.5. The van der Waals surface area contributed by atoms with E-state index < -0.39 is 0 Å². The lowest BCUT2D eigenvalue weighted by molar-refractivity contribution is 0.424. The van der Waals surface area contributed by atoms with Crippen molar-refractivity contribution in [1.82, 2.24) is 29.7 Å². The average Bonchev–Trinajstić information content (AvgIpc) is 3.13. The molecule has 0 saturated carbocycles. The van der Waals surface area contributed by atoms with Crippen molar-refractivity contribution < 1.29 is 0 Å². The average molecular weight is 398 g/mol. The number of aromatic nitrogens is 5. The molecule has 2 atom stereocenters. The minimum absolute atomic E-state index is 0.0460. The quantitative estimate of drug-likeness (QED) is 0.570. The summed E-state index contributed by atoms with van der Waals surface area (Å²) >= 11 is 6.03. The molecule has 0 amide bonds. The SMILES string of the molecule is CC1C(/C(C=N)=C/N)NCCN1c1ccnc(-c2cnc3cnc(Cl)cn23)n1. The van der Waals surface area contributed by atoms with E-state index in [1.165, 1.54) is 12.4 Å². The van der Waals surface area contributed by atoms with Gasteiger partial charge >= 0.3 is 0 Å². The zero-order chi connectivity index (χ0) is 19.7. The van der Waals surface area contributed by atoms with Crippen LogP contribution in [0.3, 0.4) is 0 Å². The minimum atomic E-state index is -0.0460. The predicted octanol–water partition coefficient (Wildman–Crippen LogP) is 1.50. The van der Waals surface area contributed by atoms with E-state index in [1.54, 1.807) is 24.8 Å². The van der Waals surface area contributed by atoms with E-state index >= 15 is 0 Å². The molecule has 1 aliphatic rings. The monoisotopic (exact) mass is 397 g/mol. The molecular weight excluding hydrogens is 378 g/mol. The number of rotatable bonds is 4. The molecule has 9 nitrogen and oxygen atoms in total. The summed E-state index contributed by atoms with van der Waals surface area (Å²) in [5, 5.41) is 11.4. The van der Waals surface area contributed by atoms with Gasteiger partial charge in [-0.2, -0.15) is 0 Å². The Labute approximate surface area is 166 Å². The Balaban J connectivity index is 1.70. The number of fused-ring (bicyclic) bond motifs is 1. The van der Waals surface area contributed by atoms with Crippen LogP contribution >= 0.6 is 11.6 Å². The van der Waals surface area contributed by atoms with Gasteiger partial charge in [-0.3, -0.25) is 4.40 Å². The van der Waals surface area contributed by atoms with Crippen LogP contribution in [-0.4, -0.2) is 55.7 Å². The van der Waals surface area contributed by atoms with Crippen LogP contribution in [0.4, 0.5) is 5.82 Å². The first-order chi connectivity index (χ1) is 13.6. The highest BCUT2D eigenvalue weighted by Gasteiger charge is 2.30. The first-order valence-electron chi connectivity index (χ1n) is 8.86. The molecule has 3 aromatic heterocycles. The molecule has 28 heavy (non-hydrogen) atoms. The molecule has 10 heteroatoms. The molecule has 0 bridgehead atoms. The van der Waals surface area contributed by atoms with E-state index in [0.717, 1.165) is 30.2 Å². The van der Waals surface area contributed by atoms with E-state index in [1.807, 2.05) is 10.5 Å². The van der Waals surface area contributed by atoms with Crippen LogP contribution in [0.15, 0.2) is 42.6 Å². The summed E-state index contributed by atoms with van der Waals surface area (Å²) in [7, 11) is 0. The van der Waals surface area contributed by atoms with Gasteiger partial charge in [-0.05, 0) is 13.0 Å². The van der Waals surface area contributed by atoms with Gasteiger partial charge in [-0.25, -0.2) is 19.9 Å². The van der Waals surface area contributed by atoms with Gasteiger partial charge in [0.15, 0.2) is 11.5 Å². The van der Waals surface area contributed by atoms with E-state index in [2.05, 4.69) is 32.1 Å². The van der Waals surface area contributed by atoms with E-state index in [0.29, 0.717) is 16.6 Å². The van der Waals surface area contributed by atoms with Gasteiger partial charge in [0.2, 0.25) is 0 Å². The fourth-order valence-electron chi connectivity index (χ4n) is 3.52. The zero-order valence-electron chi connectivity index (χ0n) is 15.2. The van der Waals surface area contributed by atoms with Crippen LogP contribution in [-0.2, 0) is 0 Å². The molecule has 0 radical (unpaired) electrons. The molecule has 0 aromatic carbocycles. The van der Waals surface area contributed by atoms with Crippen LogP contribution in [0.1, 0.15) is 6.92 Å². The highest BCUT2D eigenvalue weighted by atomic mass is 35.5. The number of hydrogen-bond acceptors (Lipinski definition) is 8. The largest absolute Gasteiger partial charge is 0.404 e. The Bertz CT molecular complexity index is 1040. The molecule has 0 spiro atoms. The van der Waals surface area contributed by atoms with Gasteiger partial charge < -0.3 is 21.4 Å². The van der Waals surface area contributed by atoms with Gasteiger partial charge in [0.05, 0.1) is 18.4 Å². The molecule has 3 aromatic rings. The lowest BCUT2D eigenvalue weighted by Gasteiger charge is -2.41. The third kappa shape index (κ3) is 3.19. The van der Waals surface area contributed by atoms with Crippen LogP contribution in [0, 0.1) is 5.41 Å². The van der Waals surface area contributed by atoms with Crippen molar-refractivity contribution in [3.05, 3.63) is 47.8 Å². The van der Waals surface area contributed by atoms with Gasteiger partial charge in [-0.15, -0.1) is 0 Å². The van der Waals surface area contributed by atoms with Crippen molar-refractivity contribution in [3.8, 4) is 11.5 Å². The fourth-order valence-corrected chi connectivity index (χ4v) is 3.67. The van der Waals surface area contributed by atoms with Crippen LogP contribution < -0.4 is 16.0 Å². The standard InChI is InChI=1S/C18H20ClN9/c1-11-17(12(6-20)7-21)22-4-5-27(11)15-2-3-23-18(26-15)13-8-25-16-9-24-14(19)10-28(13)16/h2-3,6-11,17,20,22H,4-5,21H2,1H3/b12-7+,20-6?. The van der Waals surface area contributed by atoms with Gasteiger partial charge in [0.1, 0.15) is 16.7 Å². The number of halogens is 1. The Morgan fingerprint density at radius 2 is 2.21 bits per heavy atom. The second-order valence-electron chi connectivity index (χ2n) is 6.50. The molecule has 1 saturated heterocycles. The van der Waals surface area contributed by atoms with Crippen molar-refractivity contribution >= 4 is 29.3 Å². The predicted molar refractivity (Wildman–Crippen MR) is 109 cm³/mol. The maximum atomic E-state index is 7.60. The number of imidazole rings is 1. The molecule has 0 aliphatic carbocycles. The summed E-state index contributed by atoms with van der Waals surface area (Å²) in [6.45, 7) is 3.63. The van der Waals surface area contributed by atoms with Crippen molar-refractivity contribution in [2.24, 2.45) is 5.73 Å². The summed E-state index contributed by atoms with van der Waals surface area (Å²) in [5.41, 5.74) is 7.85. The molecule has 4 heterocycles. The van der Waals surface area contributed by atoms with Gasteiger partial charge in [0, 0.05) is 49.5 Å². The molecule has 1 aliphatic heterocycles. The highest BCUT2D eigenvalue weighted by Crippen LogP contribution is 2.24. The molecular formula is C18H20ClN9. The molecule has 144 valence electrons. The Hall–Kier alpha value is -3.04. The van der Waals surface area contributed by atoms with Crippen molar-refractivity contribution in [2.45, 2.75) is 19.0 Å². The second-order valence-corrected chi connectivity index (χ2v) is 6.88. The van der Waals surface area contributed by atoms with Crippen LogP contribution in [0.25, 0.3) is 17.2 Å². The first-order valence-corrected chi connectivity index (χ1v) is 9.24. The van der Waals surface area contributed by atoms with E-state index in [-0.39, 0.29) is 12.1 Å². The summed E-state index contributed by atoms with van der Waals surface area (Å²) in [6, 6.07) is 1.90. The maximum Gasteiger partial charge on any atom is 0.180 e. The van der Waals surface area contributed by atoms with E-state index in [4.69, 9.17) is 27.7 Å². The number of anilines is 1. The minimum Gasteiger partial charge on any atom is -0.404 e. The first kappa shape index (κ1) is 18.3. The number of piperazine rings is 1. The number of nitrogens with one attached hydrogen (secondary N) is 2. The lowest BCUT2D eigenvalue weighted by atomic mass is 9.98. The number of nitrogens with zero attached hydrogens (tertiary/aromatic N) is 6. The summed E-state index contributed by atoms with van der Waals surface area (Å²) < 4.78 is 1.82. The highest BCUT2D eigenvalue weighted by molar-refractivity contribution is 6.29. The van der Waals surface area contributed by atoms with Crippen molar-refractivity contribution in [2.75, 3.05) is 18.0 Å². The molecule has 1 fully saturated rings. The summed E-state index contributed by atoms with van der Waals surface area (Å²) in [5.74, 6) is 1.36. The van der Waals surface area contributed by atoms with E-state index in [9.17, 15) is 0 Å². The van der Waals surface area contributed by atoms with Crippen molar-refractivity contribution in [3.63, 3.8) is 0 Å². The third-order valence-electron chi connectivity index (χ3n) is 4.94. The Morgan fingerprint density at radius 1 is 1.36 bits per heavy atom. The molecule has 4 rings (SSSR count). The lowest BCUT2D eigenvalue weighted by Crippen LogP contribution is -2.58. The summed E-state index contributed by atoms with van der Waals surface area (Å²) in [6.07, 6.45) is 9.52. The van der Waals surface area contributed by atoms with Crippen LogP contribution in [0.5, 0.6) is 0 Å². The Morgan fingerprint density at radius 3 is 3.00 bits per heavy atom. The van der Waals surface area contributed by atoms with Gasteiger partial charge in [0.25, 0.3) is 0 Å². The zero-order valence-corrected chi connectivity index (χ0v) is 16.0. The topological polar surface area (TPSA) is 121 Å². The van der Waals surface area contributed by atoms with Crippen LogP contribution in [0.2, 0.25) is 5.15 Å². The number of nitrogens with two attached hydrogens (primary N) is 1. The van der Waals surface area contributed by atoms with Crippen molar-refractivity contribution in [1.29, 1.82) is 5.41 Å². The molecule has 2 unspecified atom stereocenters. The number of hydrogen-bond donors (Lipinski definition) is 3. The Kier molecular flexibility index (Phi) is 4.93. The summed E-state index contributed by atoms with van der Waals surface area (Å²) in [4.78, 5) is 19.8. The molecule has 4 N–H and O–H groups in total. The maximum absolute atomic E-state index is 7.60. The second kappa shape index (κ2) is 7.53. The third-order valence-corrected chi connectivity index (χ3v) is 5.13. The fraction of sp³-hybridized carbons (Fsp3) is 0.278. The smallest absolute Gasteiger partial charge is 0.180 e.